The fourth-order valence-corrected chi connectivity index (χ4v) is 3.78. The molecule has 2 aliphatic rings. The monoisotopic (exact) mass is 350 g/mol. The summed E-state index contributed by atoms with van der Waals surface area (Å²) in [5.74, 6) is -0.0467. The highest BCUT2D eigenvalue weighted by atomic mass is 32.2. The van der Waals surface area contributed by atoms with Crippen LogP contribution in [0.1, 0.15) is 40.0 Å². The molecular formula is C15H21F3N2O2S. The molecular weight excluding hydrogens is 329 g/mol. The molecule has 1 aliphatic carbocycles. The summed E-state index contributed by atoms with van der Waals surface area (Å²) in [5.41, 5.74) is -3.10. The molecule has 2 N–H and O–H groups in total. The lowest BCUT2D eigenvalue weighted by atomic mass is 9.78. The number of aliphatic imine (C=N–C) groups is 1. The lowest BCUT2D eigenvalue weighted by Gasteiger charge is -2.38. The average Bonchev–Trinajstić information content (AvgIpc) is 2.69. The standard InChI is InChI=1S/C15H21F3N2O2S/c1-8(2)13(4)11(21)20-12(23-13)19-10-5-6-14(22,9(3)7-10)15(16,17)18/h8,10,22H,3,5-7H2,1-2,4H3,(H,19,20,21). The van der Waals surface area contributed by atoms with Crippen LogP contribution in [0.25, 0.3) is 0 Å². The van der Waals surface area contributed by atoms with Crippen molar-refractivity contribution in [2.75, 3.05) is 0 Å². The van der Waals surface area contributed by atoms with Gasteiger partial charge in [-0.3, -0.25) is 9.79 Å². The summed E-state index contributed by atoms with van der Waals surface area (Å²) >= 11 is 1.30. The van der Waals surface area contributed by atoms with Crippen LogP contribution in [0.15, 0.2) is 17.1 Å². The Morgan fingerprint density at radius 2 is 2.09 bits per heavy atom. The maximum atomic E-state index is 12.9. The van der Waals surface area contributed by atoms with E-state index in [4.69, 9.17) is 0 Å². The molecule has 3 atom stereocenters. The van der Waals surface area contributed by atoms with E-state index in [0.717, 1.165) is 0 Å². The zero-order chi connectivity index (χ0) is 17.6. The van der Waals surface area contributed by atoms with Gasteiger partial charge in [-0.05, 0) is 37.7 Å². The van der Waals surface area contributed by atoms with Crippen LogP contribution in [-0.2, 0) is 4.79 Å². The van der Waals surface area contributed by atoms with Crippen LogP contribution < -0.4 is 5.32 Å². The lowest BCUT2D eigenvalue weighted by molar-refractivity contribution is -0.250. The second-order valence-corrected chi connectivity index (χ2v) is 8.05. The molecule has 23 heavy (non-hydrogen) atoms. The predicted octanol–water partition coefficient (Wildman–Crippen LogP) is 3.02. The van der Waals surface area contributed by atoms with Gasteiger partial charge in [-0.2, -0.15) is 13.2 Å². The van der Waals surface area contributed by atoms with Gasteiger partial charge >= 0.3 is 6.18 Å². The number of nitrogens with one attached hydrogen (secondary N) is 1. The maximum absolute atomic E-state index is 12.9. The third kappa shape index (κ3) is 3.15. The first-order chi connectivity index (χ1) is 10.4. The Bertz CT molecular complexity index is 561. The molecule has 0 bridgehead atoms. The topological polar surface area (TPSA) is 61.7 Å². The highest BCUT2D eigenvalue weighted by Gasteiger charge is 2.57. The number of thioether (sulfide) groups is 1. The van der Waals surface area contributed by atoms with Crippen molar-refractivity contribution in [2.45, 2.75) is 62.6 Å². The van der Waals surface area contributed by atoms with Crippen molar-refractivity contribution in [3.05, 3.63) is 12.2 Å². The molecule has 1 saturated carbocycles. The molecule has 3 unspecified atom stereocenters. The van der Waals surface area contributed by atoms with Crippen LogP contribution >= 0.6 is 11.8 Å². The number of amidine groups is 1. The summed E-state index contributed by atoms with van der Waals surface area (Å²) in [6, 6.07) is -0.414. The van der Waals surface area contributed by atoms with Crippen LogP contribution in [0.5, 0.6) is 0 Å². The summed E-state index contributed by atoms with van der Waals surface area (Å²) in [7, 11) is 0. The Labute approximate surface area is 137 Å². The molecule has 130 valence electrons. The number of hydrogen-bond acceptors (Lipinski definition) is 4. The van der Waals surface area contributed by atoms with E-state index in [1.807, 2.05) is 20.8 Å². The van der Waals surface area contributed by atoms with Crippen molar-refractivity contribution >= 4 is 22.8 Å². The Morgan fingerprint density at radius 1 is 1.48 bits per heavy atom. The first kappa shape index (κ1) is 18.3. The molecule has 1 heterocycles. The van der Waals surface area contributed by atoms with Crippen LogP contribution in [0.4, 0.5) is 13.2 Å². The van der Waals surface area contributed by atoms with E-state index >= 15 is 0 Å². The molecule has 1 aliphatic heterocycles. The van der Waals surface area contributed by atoms with E-state index in [0.29, 0.717) is 5.17 Å². The van der Waals surface area contributed by atoms with E-state index in [9.17, 15) is 23.1 Å². The van der Waals surface area contributed by atoms with Crippen LogP contribution in [0.3, 0.4) is 0 Å². The minimum atomic E-state index is -4.73. The third-order valence-electron chi connectivity index (χ3n) is 4.76. The average molecular weight is 350 g/mol. The highest BCUT2D eigenvalue weighted by molar-refractivity contribution is 8.16. The van der Waals surface area contributed by atoms with Crippen molar-refractivity contribution in [3.8, 4) is 0 Å². The first-order valence-electron chi connectivity index (χ1n) is 7.46. The second kappa shape index (κ2) is 5.81. The van der Waals surface area contributed by atoms with E-state index < -0.39 is 29.0 Å². The number of rotatable bonds is 2. The van der Waals surface area contributed by atoms with Crippen molar-refractivity contribution in [3.63, 3.8) is 0 Å². The minimum absolute atomic E-state index is 0.0473. The highest BCUT2D eigenvalue weighted by Crippen LogP contribution is 2.45. The van der Waals surface area contributed by atoms with Crippen molar-refractivity contribution in [1.82, 2.24) is 5.32 Å². The van der Waals surface area contributed by atoms with E-state index in [2.05, 4.69) is 16.9 Å². The second-order valence-electron chi connectivity index (χ2n) is 6.61. The van der Waals surface area contributed by atoms with Gasteiger partial charge in [-0.25, -0.2) is 0 Å². The largest absolute Gasteiger partial charge is 0.421 e. The normalized spacial score (nSPS) is 37.6. The predicted molar refractivity (Wildman–Crippen MR) is 84.2 cm³/mol. The number of amides is 1. The summed E-state index contributed by atoms with van der Waals surface area (Å²) in [6.45, 7) is 9.08. The SMILES string of the molecule is C=C1CC(N=C2NC(=O)C(C)(C(C)C)S2)CCC1(O)C(F)(F)F. The van der Waals surface area contributed by atoms with E-state index in [1.54, 1.807) is 0 Å². The summed E-state index contributed by atoms with van der Waals surface area (Å²) in [6.07, 6.45) is -5.15. The molecule has 4 nitrogen and oxygen atoms in total. The molecule has 8 heteroatoms. The van der Waals surface area contributed by atoms with Gasteiger partial charge in [0.25, 0.3) is 0 Å². The number of aliphatic hydroxyl groups is 1. The molecule has 1 amide bonds. The fourth-order valence-electron chi connectivity index (χ4n) is 2.66. The van der Waals surface area contributed by atoms with Crippen molar-refractivity contribution in [2.24, 2.45) is 10.9 Å². The molecule has 0 aromatic heterocycles. The number of carbonyl (C=O) groups is 1. The minimum Gasteiger partial charge on any atom is -0.377 e. The lowest BCUT2D eigenvalue weighted by Crippen LogP contribution is -2.50. The summed E-state index contributed by atoms with van der Waals surface area (Å²) < 4.78 is 38.2. The molecule has 0 aromatic rings. The quantitative estimate of drug-likeness (QED) is 0.753. The Hall–Kier alpha value is -1.02. The molecule has 0 spiro atoms. The fraction of sp³-hybridized carbons (Fsp3) is 0.733. The Balaban J connectivity index is 2.10. The molecule has 0 aromatic carbocycles. The molecule has 2 rings (SSSR count). The number of alkyl halides is 3. The zero-order valence-corrected chi connectivity index (χ0v) is 14.1. The van der Waals surface area contributed by atoms with Crippen LogP contribution in [0, 0.1) is 5.92 Å². The summed E-state index contributed by atoms with van der Waals surface area (Å²) in [5, 5.41) is 12.9. The zero-order valence-electron chi connectivity index (χ0n) is 13.3. The van der Waals surface area contributed by atoms with Crippen molar-refractivity contribution in [1.29, 1.82) is 0 Å². The Kier molecular flexibility index (Phi) is 4.62. The third-order valence-corrected chi connectivity index (χ3v) is 6.24. The van der Waals surface area contributed by atoms with Gasteiger partial charge in [-0.15, -0.1) is 0 Å². The molecule has 1 saturated heterocycles. The van der Waals surface area contributed by atoms with Gasteiger partial charge in [0, 0.05) is 0 Å². The van der Waals surface area contributed by atoms with Gasteiger partial charge in [0.15, 0.2) is 10.8 Å². The van der Waals surface area contributed by atoms with Crippen LogP contribution in [-0.4, -0.2) is 38.7 Å². The van der Waals surface area contributed by atoms with E-state index in [-0.39, 0.29) is 30.2 Å². The number of halogens is 3. The van der Waals surface area contributed by atoms with Gasteiger partial charge in [0.05, 0.1) is 6.04 Å². The number of hydrogen-bond donors (Lipinski definition) is 2. The Morgan fingerprint density at radius 3 is 2.52 bits per heavy atom. The summed E-state index contributed by atoms with van der Waals surface area (Å²) in [4.78, 5) is 16.4. The van der Waals surface area contributed by atoms with Crippen molar-refractivity contribution < 1.29 is 23.1 Å². The van der Waals surface area contributed by atoms with Crippen LogP contribution in [0.2, 0.25) is 0 Å². The van der Waals surface area contributed by atoms with E-state index in [1.165, 1.54) is 11.8 Å². The number of carbonyl (C=O) groups excluding carboxylic acids is 1. The van der Waals surface area contributed by atoms with Gasteiger partial charge in [0.2, 0.25) is 5.91 Å². The van der Waals surface area contributed by atoms with Gasteiger partial charge in [-0.1, -0.05) is 32.2 Å². The first-order valence-corrected chi connectivity index (χ1v) is 8.27. The van der Waals surface area contributed by atoms with Gasteiger partial charge in [0.1, 0.15) is 4.75 Å². The van der Waals surface area contributed by atoms with Gasteiger partial charge < -0.3 is 10.4 Å². The maximum Gasteiger partial charge on any atom is 0.421 e. The molecule has 0 radical (unpaired) electrons. The molecule has 2 fully saturated rings. The smallest absolute Gasteiger partial charge is 0.377 e. The number of nitrogens with zero attached hydrogens (tertiary/aromatic N) is 1.